The summed E-state index contributed by atoms with van der Waals surface area (Å²) in [5.74, 6) is -1.08. The second kappa shape index (κ2) is 3.94. The first-order valence-electron chi connectivity index (χ1n) is 6.42. The van der Waals surface area contributed by atoms with E-state index in [4.69, 9.17) is 0 Å². The molecular formula is C12H15F3N2O2. The predicted molar refractivity (Wildman–Crippen MR) is 58.2 cm³/mol. The first-order chi connectivity index (χ1) is 8.89. The number of hydrogen-bond acceptors (Lipinski definition) is 4. The zero-order valence-corrected chi connectivity index (χ0v) is 10.3. The molecule has 4 rings (SSSR count). The summed E-state index contributed by atoms with van der Waals surface area (Å²) >= 11 is 0. The third kappa shape index (κ3) is 1.94. The van der Waals surface area contributed by atoms with E-state index < -0.39 is 12.1 Å². The Balaban J connectivity index is 1.86. The van der Waals surface area contributed by atoms with E-state index in [1.54, 1.807) is 0 Å². The molecule has 106 valence electrons. The number of rotatable bonds is 2. The van der Waals surface area contributed by atoms with Crippen LogP contribution in [0.1, 0.15) is 50.2 Å². The molecule has 0 radical (unpaired) electrons. The Hall–Kier alpha value is -1.11. The second-order valence-electron chi connectivity index (χ2n) is 5.86. The van der Waals surface area contributed by atoms with Gasteiger partial charge in [-0.2, -0.15) is 18.2 Å². The largest absolute Gasteiger partial charge is 0.471 e. The molecule has 0 aliphatic heterocycles. The summed E-state index contributed by atoms with van der Waals surface area (Å²) in [5, 5.41) is 13.0. The van der Waals surface area contributed by atoms with E-state index in [0.717, 1.165) is 38.5 Å². The maximum absolute atomic E-state index is 12.5. The molecule has 0 unspecified atom stereocenters. The minimum absolute atomic E-state index is 0.0294. The monoisotopic (exact) mass is 276 g/mol. The molecule has 3 saturated carbocycles. The fraction of sp³-hybridized carbons (Fsp3) is 0.833. The van der Waals surface area contributed by atoms with Crippen molar-refractivity contribution in [3.63, 3.8) is 0 Å². The van der Waals surface area contributed by atoms with Crippen LogP contribution in [0, 0.1) is 5.41 Å². The van der Waals surface area contributed by atoms with Crippen molar-refractivity contribution in [3.8, 4) is 0 Å². The third-order valence-electron chi connectivity index (χ3n) is 4.88. The number of aromatic nitrogens is 2. The van der Waals surface area contributed by atoms with Gasteiger partial charge in [0.2, 0.25) is 0 Å². The van der Waals surface area contributed by atoms with Gasteiger partial charge in [-0.15, -0.1) is 0 Å². The molecule has 1 aromatic heterocycles. The molecule has 0 aromatic carbocycles. The van der Waals surface area contributed by atoms with Gasteiger partial charge in [0, 0.05) is 12.0 Å². The van der Waals surface area contributed by atoms with Crippen molar-refractivity contribution in [1.29, 1.82) is 0 Å². The lowest BCUT2D eigenvalue weighted by molar-refractivity contribution is -0.159. The number of aliphatic hydroxyl groups is 1. The number of aliphatic hydroxyl groups excluding tert-OH is 1. The first kappa shape index (κ1) is 12.9. The molecule has 0 atom stereocenters. The van der Waals surface area contributed by atoms with Crippen LogP contribution in [0.15, 0.2) is 4.52 Å². The number of hydrogen-bond donors (Lipinski definition) is 1. The summed E-state index contributed by atoms with van der Waals surface area (Å²) in [6, 6.07) is 0. The molecule has 19 heavy (non-hydrogen) atoms. The normalized spacial score (nSPS) is 34.7. The van der Waals surface area contributed by atoms with Crippen LogP contribution in [0.3, 0.4) is 0 Å². The van der Waals surface area contributed by atoms with Gasteiger partial charge >= 0.3 is 12.1 Å². The average Bonchev–Trinajstić information content (AvgIpc) is 2.91. The van der Waals surface area contributed by atoms with Gasteiger partial charge < -0.3 is 9.63 Å². The second-order valence-corrected chi connectivity index (χ2v) is 5.86. The van der Waals surface area contributed by atoms with Crippen LogP contribution in [0.2, 0.25) is 0 Å². The van der Waals surface area contributed by atoms with Gasteiger partial charge in [0.25, 0.3) is 0 Å². The van der Waals surface area contributed by atoms with Gasteiger partial charge in [-0.05, 0) is 43.9 Å². The third-order valence-corrected chi connectivity index (χ3v) is 4.88. The number of halogens is 3. The summed E-state index contributed by atoms with van der Waals surface area (Å²) < 4.78 is 41.8. The van der Waals surface area contributed by atoms with Gasteiger partial charge in [0.1, 0.15) is 0 Å². The van der Waals surface area contributed by atoms with E-state index >= 15 is 0 Å². The fourth-order valence-corrected chi connectivity index (χ4v) is 3.39. The van der Waals surface area contributed by atoms with Crippen molar-refractivity contribution in [2.75, 3.05) is 6.61 Å². The van der Waals surface area contributed by atoms with E-state index in [1.165, 1.54) is 0 Å². The van der Waals surface area contributed by atoms with Crippen LogP contribution in [-0.2, 0) is 11.6 Å². The molecule has 4 nitrogen and oxygen atoms in total. The van der Waals surface area contributed by atoms with Crippen molar-refractivity contribution in [2.45, 2.75) is 50.1 Å². The summed E-state index contributed by atoms with van der Waals surface area (Å²) in [7, 11) is 0. The molecule has 1 N–H and O–H groups in total. The minimum atomic E-state index is -4.58. The molecule has 2 bridgehead atoms. The van der Waals surface area contributed by atoms with Crippen LogP contribution in [-0.4, -0.2) is 21.9 Å². The van der Waals surface area contributed by atoms with Crippen molar-refractivity contribution >= 4 is 0 Å². The Morgan fingerprint density at radius 3 is 2.11 bits per heavy atom. The maximum atomic E-state index is 12.5. The highest BCUT2D eigenvalue weighted by Crippen LogP contribution is 2.57. The zero-order chi connectivity index (χ0) is 13.7. The quantitative estimate of drug-likeness (QED) is 0.902. The minimum Gasteiger partial charge on any atom is -0.396 e. The molecule has 3 aliphatic rings. The zero-order valence-electron chi connectivity index (χ0n) is 10.3. The maximum Gasteiger partial charge on any atom is 0.471 e. The van der Waals surface area contributed by atoms with Gasteiger partial charge in [0.05, 0.1) is 0 Å². The molecule has 0 saturated heterocycles. The highest BCUT2D eigenvalue weighted by Gasteiger charge is 2.52. The summed E-state index contributed by atoms with van der Waals surface area (Å²) in [6.45, 7) is 0.156. The summed E-state index contributed by atoms with van der Waals surface area (Å²) in [5.41, 5.74) is -0.414. The molecule has 1 heterocycles. The Labute approximate surface area is 108 Å². The average molecular weight is 276 g/mol. The van der Waals surface area contributed by atoms with Crippen LogP contribution in [0.25, 0.3) is 0 Å². The van der Waals surface area contributed by atoms with Gasteiger partial charge in [-0.1, -0.05) is 5.16 Å². The Kier molecular flexibility index (Phi) is 2.68. The van der Waals surface area contributed by atoms with E-state index in [2.05, 4.69) is 14.7 Å². The Morgan fingerprint density at radius 1 is 1.11 bits per heavy atom. The summed E-state index contributed by atoms with van der Waals surface area (Å²) in [6.07, 6.45) is 0.0530. The number of nitrogens with zero attached hydrogens (tertiary/aromatic N) is 2. The molecule has 1 aromatic rings. The van der Waals surface area contributed by atoms with Crippen LogP contribution in [0.4, 0.5) is 13.2 Å². The Bertz CT molecular complexity index is 459. The standard InChI is InChI=1S/C12H15F3N2O2/c13-12(14,15)9-16-8(17-19-9)11-4-1-10(7-18,2-5-11)3-6-11/h18H,1-7H2. The lowest BCUT2D eigenvalue weighted by Gasteiger charge is -2.51. The SMILES string of the molecule is OCC12CCC(c3noc(C(F)(F)F)n3)(CC1)CC2. The van der Waals surface area contributed by atoms with Crippen molar-refractivity contribution < 1.29 is 22.8 Å². The van der Waals surface area contributed by atoms with Crippen molar-refractivity contribution in [3.05, 3.63) is 11.7 Å². The molecule has 3 aliphatic carbocycles. The molecule has 3 fully saturated rings. The smallest absolute Gasteiger partial charge is 0.396 e. The predicted octanol–water partition coefficient (Wildman–Crippen LogP) is 2.67. The van der Waals surface area contributed by atoms with E-state index in [-0.39, 0.29) is 23.3 Å². The van der Waals surface area contributed by atoms with Gasteiger partial charge in [0.15, 0.2) is 5.82 Å². The number of fused-ring (bicyclic) bond motifs is 3. The number of alkyl halides is 3. The van der Waals surface area contributed by atoms with Crippen molar-refractivity contribution in [1.82, 2.24) is 10.1 Å². The first-order valence-corrected chi connectivity index (χ1v) is 6.42. The molecular weight excluding hydrogens is 261 g/mol. The van der Waals surface area contributed by atoms with Crippen molar-refractivity contribution in [2.24, 2.45) is 5.41 Å². The van der Waals surface area contributed by atoms with E-state index in [0.29, 0.717) is 0 Å². The van der Waals surface area contributed by atoms with Gasteiger partial charge in [-0.3, -0.25) is 0 Å². The summed E-state index contributed by atoms with van der Waals surface area (Å²) in [4.78, 5) is 3.56. The molecule has 7 heteroatoms. The molecule has 0 amide bonds. The van der Waals surface area contributed by atoms with Crippen LogP contribution < -0.4 is 0 Å². The lowest BCUT2D eigenvalue weighted by Crippen LogP contribution is -2.46. The lowest BCUT2D eigenvalue weighted by atomic mass is 9.54. The van der Waals surface area contributed by atoms with Gasteiger partial charge in [-0.25, -0.2) is 0 Å². The molecule has 0 spiro atoms. The van der Waals surface area contributed by atoms with Crippen LogP contribution in [0.5, 0.6) is 0 Å². The highest BCUT2D eigenvalue weighted by atomic mass is 19.4. The highest BCUT2D eigenvalue weighted by molar-refractivity contribution is 5.15. The van der Waals surface area contributed by atoms with E-state index in [1.807, 2.05) is 0 Å². The van der Waals surface area contributed by atoms with E-state index in [9.17, 15) is 18.3 Å². The fourth-order valence-electron chi connectivity index (χ4n) is 3.39. The topological polar surface area (TPSA) is 59.2 Å². The van der Waals surface area contributed by atoms with Crippen LogP contribution >= 0.6 is 0 Å². The Morgan fingerprint density at radius 2 is 1.68 bits per heavy atom.